The number of rotatable bonds is 1. The number of fused-ring (bicyclic) bond motifs is 2. The molecule has 1 fully saturated rings. The number of carbonyl (C=O) groups is 1. The van der Waals surface area contributed by atoms with Crippen LogP contribution < -0.4 is 11.1 Å². The fourth-order valence-corrected chi connectivity index (χ4v) is 4.44. The van der Waals surface area contributed by atoms with Crippen LogP contribution in [-0.4, -0.2) is 23.5 Å². The second-order valence-corrected chi connectivity index (χ2v) is 8.18. The van der Waals surface area contributed by atoms with E-state index >= 15 is 0 Å². The van der Waals surface area contributed by atoms with Gasteiger partial charge in [-0.15, -0.1) is 0 Å². The first-order valence-corrected chi connectivity index (χ1v) is 8.52. The number of aromatic nitrogens is 1. The number of hydrogen-bond acceptors (Lipinski definition) is 2. The predicted molar refractivity (Wildman–Crippen MR) is 92.5 cm³/mol. The highest BCUT2D eigenvalue weighted by Crippen LogP contribution is 2.44. The molecule has 1 aliphatic heterocycles. The molecule has 0 radical (unpaired) electrons. The van der Waals surface area contributed by atoms with Crippen LogP contribution in [0.4, 0.5) is 0 Å². The minimum Gasteiger partial charge on any atom is -0.369 e. The van der Waals surface area contributed by atoms with Gasteiger partial charge in [-0.05, 0) is 34.9 Å². The number of piperidine rings is 1. The van der Waals surface area contributed by atoms with Gasteiger partial charge in [0.25, 0.3) is 0 Å². The Hall–Kier alpha value is -1.81. The Balaban J connectivity index is 1.85. The SMILES string of the molecule is CC(C)(C)c1ccc2c3c(c[nH]c13)C[C@H]1NCC(C(N)=O)C[C@H]21. The molecule has 122 valence electrons. The highest BCUT2D eigenvalue weighted by Gasteiger charge is 2.38. The second kappa shape index (κ2) is 4.84. The fraction of sp³-hybridized carbons (Fsp3) is 0.526. The van der Waals surface area contributed by atoms with Gasteiger partial charge in [0.15, 0.2) is 0 Å². The fourth-order valence-electron chi connectivity index (χ4n) is 4.44. The molecule has 4 rings (SSSR count). The third-order valence-corrected chi connectivity index (χ3v) is 5.65. The Kier molecular flexibility index (Phi) is 3.11. The molecule has 1 unspecified atom stereocenters. The van der Waals surface area contributed by atoms with Crippen molar-refractivity contribution in [3.63, 3.8) is 0 Å². The largest absolute Gasteiger partial charge is 0.369 e. The van der Waals surface area contributed by atoms with Crippen molar-refractivity contribution in [1.29, 1.82) is 0 Å². The first-order chi connectivity index (χ1) is 10.9. The molecule has 1 aliphatic carbocycles. The third-order valence-electron chi connectivity index (χ3n) is 5.65. The van der Waals surface area contributed by atoms with E-state index in [1.807, 2.05) is 0 Å². The van der Waals surface area contributed by atoms with Crippen molar-refractivity contribution in [1.82, 2.24) is 10.3 Å². The maximum absolute atomic E-state index is 11.6. The summed E-state index contributed by atoms with van der Waals surface area (Å²) in [5.41, 5.74) is 11.1. The number of amides is 1. The lowest BCUT2D eigenvalue weighted by Gasteiger charge is -2.39. The van der Waals surface area contributed by atoms with Gasteiger partial charge in [-0.1, -0.05) is 32.9 Å². The van der Waals surface area contributed by atoms with Gasteiger partial charge < -0.3 is 16.0 Å². The van der Waals surface area contributed by atoms with Gasteiger partial charge in [0.2, 0.25) is 5.91 Å². The molecule has 2 aliphatic rings. The normalized spacial score (nSPS) is 27.0. The summed E-state index contributed by atoms with van der Waals surface area (Å²) in [6.07, 6.45) is 4.06. The van der Waals surface area contributed by atoms with Gasteiger partial charge in [-0.3, -0.25) is 4.79 Å². The molecule has 1 aromatic carbocycles. The smallest absolute Gasteiger partial charge is 0.221 e. The lowest BCUT2D eigenvalue weighted by molar-refractivity contribution is -0.122. The molecule has 1 saturated heterocycles. The van der Waals surface area contributed by atoms with E-state index in [-0.39, 0.29) is 17.2 Å². The summed E-state index contributed by atoms with van der Waals surface area (Å²) in [6.45, 7) is 7.46. The molecule has 4 nitrogen and oxygen atoms in total. The average molecular weight is 311 g/mol. The van der Waals surface area contributed by atoms with Crippen LogP contribution in [0.2, 0.25) is 0 Å². The molecule has 0 saturated carbocycles. The lowest BCUT2D eigenvalue weighted by atomic mass is 9.72. The number of benzene rings is 1. The van der Waals surface area contributed by atoms with Gasteiger partial charge >= 0.3 is 0 Å². The van der Waals surface area contributed by atoms with Crippen molar-refractivity contribution in [2.24, 2.45) is 11.7 Å². The summed E-state index contributed by atoms with van der Waals surface area (Å²) >= 11 is 0. The maximum atomic E-state index is 11.6. The van der Waals surface area contributed by atoms with Crippen LogP contribution in [0.25, 0.3) is 10.9 Å². The summed E-state index contributed by atoms with van der Waals surface area (Å²) in [5.74, 6) is 0.133. The van der Waals surface area contributed by atoms with Crippen molar-refractivity contribution >= 4 is 16.8 Å². The molecule has 1 amide bonds. The van der Waals surface area contributed by atoms with Crippen LogP contribution >= 0.6 is 0 Å². The molecule has 3 atom stereocenters. The second-order valence-electron chi connectivity index (χ2n) is 8.18. The standard InChI is InChI=1S/C19H25N3O/c1-19(2,3)14-5-4-12-13-6-11(18(20)23)9-21-15(13)7-10-8-22-17(14)16(10)12/h4-5,8,11,13,15,21-22H,6-7,9H2,1-3H3,(H2,20,23)/t11?,13-,15-/m1/s1. The van der Waals surface area contributed by atoms with Crippen LogP contribution in [0.3, 0.4) is 0 Å². The molecule has 4 N–H and O–H groups in total. The summed E-state index contributed by atoms with van der Waals surface area (Å²) in [4.78, 5) is 15.1. The summed E-state index contributed by atoms with van der Waals surface area (Å²) in [5, 5.41) is 4.94. The first kappa shape index (κ1) is 14.8. The highest BCUT2D eigenvalue weighted by atomic mass is 16.1. The van der Waals surface area contributed by atoms with Crippen LogP contribution in [0.1, 0.15) is 49.8 Å². The quantitative estimate of drug-likeness (QED) is 0.757. The Morgan fingerprint density at radius 1 is 1.30 bits per heavy atom. The molecule has 4 heteroatoms. The first-order valence-electron chi connectivity index (χ1n) is 8.52. The topological polar surface area (TPSA) is 70.9 Å². The Bertz CT molecular complexity index is 784. The highest BCUT2D eigenvalue weighted by molar-refractivity contribution is 5.91. The number of hydrogen-bond donors (Lipinski definition) is 3. The zero-order valence-electron chi connectivity index (χ0n) is 14.1. The van der Waals surface area contributed by atoms with Crippen molar-refractivity contribution in [3.05, 3.63) is 35.0 Å². The number of primary amides is 1. The maximum Gasteiger partial charge on any atom is 0.221 e. The Labute approximate surface area is 136 Å². The summed E-state index contributed by atoms with van der Waals surface area (Å²) in [6, 6.07) is 4.95. The minimum atomic E-state index is -0.182. The predicted octanol–water partition coefficient (Wildman–Crippen LogP) is 2.57. The zero-order chi connectivity index (χ0) is 16.4. The van der Waals surface area contributed by atoms with E-state index in [0.29, 0.717) is 18.5 Å². The van der Waals surface area contributed by atoms with Crippen molar-refractivity contribution < 1.29 is 4.79 Å². The van der Waals surface area contributed by atoms with Gasteiger partial charge in [-0.25, -0.2) is 0 Å². The molecule has 2 aromatic rings. The van der Waals surface area contributed by atoms with Crippen LogP contribution in [0.5, 0.6) is 0 Å². The molecular formula is C19H25N3O. The van der Waals surface area contributed by atoms with Gasteiger partial charge in [-0.2, -0.15) is 0 Å². The molecule has 1 aromatic heterocycles. The van der Waals surface area contributed by atoms with E-state index in [9.17, 15) is 4.79 Å². The number of aromatic amines is 1. The van der Waals surface area contributed by atoms with E-state index < -0.39 is 0 Å². The molecule has 2 heterocycles. The van der Waals surface area contributed by atoms with Crippen LogP contribution in [-0.2, 0) is 16.6 Å². The van der Waals surface area contributed by atoms with Crippen LogP contribution in [0, 0.1) is 5.92 Å². The molecule has 0 bridgehead atoms. The zero-order valence-corrected chi connectivity index (χ0v) is 14.1. The Morgan fingerprint density at radius 2 is 2.09 bits per heavy atom. The van der Waals surface area contributed by atoms with E-state index in [4.69, 9.17) is 5.73 Å². The van der Waals surface area contributed by atoms with Crippen LogP contribution in [0.15, 0.2) is 18.3 Å². The minimum absolute atomic E-state index is 0.0610. The number of H-pyrrole nitrogens is 1. The van der Waals surface area contributed by atoms with Gasteiger partial charge in [0.1, 0.15) is 0 Å². The summed E-state index contributed by atoms with van der Waals surface area (Å²) in [7, 11) is 0. The molecule has 0 spiro atoms. The van der Waals surface area contributed by atoms with Gasteiger partial charge in [0.05, 0.1) is 5.92 Å². The van der Waals surface area contributed by atoms with E-state index in [0.717, 1.165) is 12.8 Å². The lowest BCUT2D eigenvalue weighted by Crippen LogP contribution is -2.49. The molecule has 23 heavy (non-hydrogen) atoms. The third kappa shape index (κ3) is 2.19. The van der Waals surface area contributed by atoms with Gasteiger partial charge in [0, 0.05) is 35.6 Å². The number of nitrogens with one attached hydrogen (secondary N) is 2. The van der Waals surface area contributed by atoms with Crippen molar-refractivity contribution in [2.75, 3.05) is 6.54 Å². The monoisotopic (exact) mass is 311 g/mol. The Morgan fingerprint density at radius 3 is 2.78 bits per heavy atom. The average Bonchev–Trinajstić information content (AvgIpc) is 2.90. The number of nitrogens with two attached hydrogens (primary N) is 1. The van der Waals surface area contributed by atoms with E-state index in [1.54, 1.807) is 0 Å². The van der Waals surface area contributed by atoms with E-state index in [1.165, 1.54) is 27.6 Å². The molecular weight excluding hydrogens is 286 g/mol. The summed E-state index contributed by atoms with van der Waals surface area (Å²) < 4.78 is 0. The van der Waals surface area contributed by atoms with Crippen molar-refractivity contribution in [2.45, 2.75) is 51.0 Å². The van der Waals surface area contributed by atoms with E-state index in [2.05, 4.69) is 49.4 Å². The van der Waals surface area contributed by atoms with Crippen molar-refractivity contribution in [3.8, 4) is 0 Å². The number of carbonyl (C=O) groups excluding carboxylic acids is 1.